The van der Waals surface area contributed by atoms with Gasteiger partial charge >= 0.3 is 0 Å². The summed E-state index contributed by atoms with van der Waals surface area (Å²) < 4.78 is 7.06. The van der Waals surface area contributed by atoms with Crippen molar-refractivity contribution in [2.24, 2.45) is 12.8 Å². The maximum absolute atomic E-state index is 5.94. The van der Waals surface area contributed by atoms with Crippen LogP contribution in [-0.4, -0.2) is 9.55 Å². The van der Waals surface area contributed by atoms with Gasteiger partial charge in [0, 0.05) is 19.4 Å². The quantitative estimate of drug-likeness (QED) is 0.823. The summed E-state index contributed by atoms with van der Waals surface area (Å²) in [5.74, 6) is 1.36. The summed E-state index contributed by atoms with van der Waals surface area (Å²) >= 11 is 5.66. The SMILES string of the molecule is Cn1ccnc1C(N)c1ccc(Cl)o1. The van der Waals surface area contributed by atoms with E-state index in [1.165, 1.54) is 0 Å². The molecule has 2 rings (SSSR count). The molecule has 2 aromatic rings. The van der Waals surface area contributed by atoms with E-state index in [1.807, 2.05) is 17.8 Å². The lowest BCUT2D eigenvalue weighted by atomic mass is 10.2. The third-order valence-corrected chi connectivity index (χ3v) is 2.24. The molecule has 1 unspecified atom stereocenters. The Labute approximate surface area is 86.3 Å². The number of halogens is 1. The Morgan fingerprint density at radius 3 is 2.86 bits per heavy atom. The average molecular weight is 212 g/mol. The average Bonchev–Trinajstić information content (AvgIpc) is 2.73. The summed E-state index contributed by atoms with van der Waals surface area (Å²) in [6.45, 7) is 0. The molecule has 0 radical (unpaired) electrons. The van der Waals surface area contributed by atoms with Crippen LogP contribution in [0.15, 0.2) is 28.9 Å². The minimum atomic E-state index is -0.373. The Bertz CT molecular complexity index is 435. The molecular weight excluding hydrogens is 202 g/mol. The molecule has 14 heavy (non-hydrogen) atoms. The molecule has 0 amide bonds. The summed E-state index contributed by atoms with van der Waals surface area (Å²) in [6, 6.07) is 3.05. The van der Waals surface area contributed by atoms with E-state index >= 15 is 0 Å². The second-order valence-corrected chi connectivity index (χ2v) is 3.39. The van der Waals surface area contributed by atoms with Crippen LogP contribution in [0.5, 0.6) is 0 Å². The van der Waals surface area contributed by atoms with E-state index in [-0.39, 0.29) is 6.04 Å². The van der Waals surface area contributed by atoms with Crippen molar-refractivity contribution in [1.29, 1.82) is 0 Å². The molecule has 0 bridgehead atoms. The van der Waals surface area contributed by atoms with Crippen LogP contribution in [0.2, 0.25) is 5.22 Å². The van der Waals surface area contributed by atoms with E-state index < -0.39 is 0 Å². The molecule has 1 atom stereocenters. The Hall–Kier alpha value is -1.26. The fourth-order valence-corrected chi connectivity index (χ4v) is 1.45. The van der Waals surface area contributed by atoms with Crippen molar-refractivity contribution in [2.75, 3.05) is 0 Å². The van der Waals surface area contributed by atoms with Gasteiger partial charge in [0.25, 0.3) is 0 Å². The van der Waals surface area contributed by atoms with Gasteiger partial charge in [0.05, 0.1) is 0 Å². The summed E-state index contributed by atoms with van der Waals surface area (Å²) in [4.78, 5) is 4.14. The minimum absolute atomic E-state index is 0.338. The first kappa shape index (κ1) is 9.30. The van der Waals surface area contributed by atoms with E-state index in [0.29, 0.717) is 11.0 Å². The molecular formula is C9H10ClN3O. The van der Waals surface area contributed by atoms with Crippen LogP contribution in [0.25, 0.3) is 0 Å². The molecule has 2 N–H and O–H groups in total. The predicted molar refractivity (Wildman–Crippen MR) is 53.0 cm³/mol. The van der Waals surface area contributed by atoms with Crippen molar-refractivity contribution in [3.8, 4) is 0 Å². The van der Waals surface area contributed by atoms with Crippen molar-refractivity contribution in [1.82, 2.24) is 9.55 Å². The topological polar surface area (TPSA) is 57.0 Å². The second kappa shape index (κ2) is 3.48. The van der Waals surface area contributed by atoms with E-state index in [9.17, 15) is 0 Å². The van der Waals surface area contributed by atoms with Crippen molar-refractivity contribution >= 4 is 11.6 Å². The predicted octanol–water partition coefficient (Wildman–Crippen LogP) is 1.71. The fraction of sp³-hybridized carbons (Fsp3) is 0.222. The summed E-state index contributed by atoms with van der Waals surface area (Å²) in [6.07, 6.45) is 3.53. The molecule has 0 spiro atoms. The third-order valence-electron chi connectivity index (χ3n) is 2.04. The lowest BCUT2D eigenvalue weighted by Gasteiger charge is -2.07. The minimum Gasteiger partial charge on any atom is -0.448 e. The van der Waals surface area contributed by atoms with Crippen LogP contribution in [0, 0.1) is 0 Å². The molecule has 0 aromatic carbocycles. The van der Waals surface area contributed by atoms with Crippen LogP contribution in [0.4, 0.5) is 0 Å². The van der Waals surface area contributed by atoms with Crippen LogP contribution >= 0.6 is 11.6 Å². The molecule has 0 aliphatic carbocycles. The molecule has 2 heterocycles. The maximum atomic E-state index is 5.94. The normalized spacial score (nSPS) is 13.1. The third kappa shape index (κ3) is 1.54. The molecule has 74 valence electrons. The molecule has 5 heteroatoms. The second-order valence-electron chi connectivity index (χ2n) is 3.02. The van der Waals surface area contributed by atoms with E-state index in [2.05, 4.69) is 4.98 Å². The fourth-order valence-electron chi connectivity index (χ4n) is 1.30. The van der Waals surface area contributed by atoms with Crippen molar-refractivity contribution in [2.45, 2.75) is 6.04 Å². The van der Waals surface area contributed by atoms with Crippen LogP contribution < -0.4 is 5.73 Å². The van der Waals surface area contributed by atoms with Gasteiger partial charge in [-0.2, -0.15) is 0 Å². The lowest BCUT2D eigenvalue weighted by molar-refractivity contribution is 0.479. The highest BCUT2D eigenvalue weighted by Gasteiger charge is 2.16. The number of nitrogens with zero attached hydrogens (tertiary/aromatic N) is 2. The number of rotatable bonds is 2. The standard InChI is InChI=1S/C9H10ClN3O/c1-13-5-4-12-9(13)8(11)6-2-3-7(10)14-6/h2-5,8H,11H2,1H3. The molecule has 0 saturated heterocycles. The Morgan fingerprint density at radius 2 is 2.36 bits per heavy atom. The Kier molecular flexibility index (Phi) is 2.31. The zero-order chi connectivity index (χ0) is 10.1. The summed E-state index contributed by atoms with van der Waals surface area (Å²) in [5.41, 5.74) is 5.94. The van der Waals surface area contributed by atoms with Crippen LogP contribution in [0.3, 0.4) is 0 Å². The summed E-state index contributed by atoms with van der Waals surface area (Å²) in [7, 11) is 1.88. The molecule has 0 aliphatic heterocycles. The van der Waals surface area contributed by atoms with Crippen LogP contribution in [0.1, 0.15) is 17.6 Å². The molecule has 0 fully saturated rings. The van der Waals surface area contributed by atoms with Crippen molar-refractivity contribution in [3.05, 3.63) is 41.3 Å². The highest BCUT2D eigenvalue weighted by Crippen LogP contribution is 2.22. The largest absolute Gasteiger partial charge is 0.448 e. The first-order valence-corrected chi connectivity index (χ1v) is 4.54. The zero-order valence-electron chi connectivity index (χ0n) is 7.64. The van der Waals surface area contributed by atoms with E-state index in [0.717, 1.165) is 5.82 Å². The monoisotopic (exact) mass is 211 g/mol. The van der Waals surface area contributed by atoms with Gasteiger partial charge in [-0.05, 0) is 23.7 Å². The van der Waals surface area contributed by atoms with Crippen molar-refractivity contribution in [3.63, 3.8) is 0 Å². The van der Waals surface area contributed by atoms with Gasteiger partial charge in [-0.25, -0.2) is 4.98 Å². The number of hydrogen-bond donors (Lipinski definition) is 1. The maximum Gasteiger partial charge on any atom is 0.193 e. The van der Waals surface area contributed by atoms with Crippen LogP contribution in [-0.2, 0) is 7.05 Å². The Morgan fingerprint density at radius 1 is 1.57 bits per heavy atom. The van der Waals surface area contributed by atoms with Gasteiger partial charge in [-0.1, -0.05) is 0 Å². The van der Waals surface area contributed by atoms with Gasteiger partial charge in [0.1, 0.15) is 17.6 Å². The van der Waals surface area contributed by atoms with Gasteiger partial charge in [0.15, 0.2) is 5.22 Å². The first-order valence-electron chi connectivity index (χ1n) is 4.16. The van der Waals surface area contributed by atoms with Gasteiger partial charge in [0.2, 0.25) is 0 Å². The molecule has 4 nitrogen and oxygen atoms in total. The molecule has 0 saturated carbocycles. The molecule has 2 aromatic heterocycles. The highest BCUT2D eigenvalue weighted by atomic mass is 35.5. The first-order chi connectivity index (χ1) is 6.68. The number of furan rings is 1. The number of imidazole rings is 1. The number of nitrogens with two attached hydrogens (primary N) is 1. The van der Waals surface area contributed by atoms with Gasteiger partial charge in [-0.15, -0.1) is 0 Å². The van der Waals surface area contributed by atoms with E-state index in [1.54, 1.807) is 18.3 Å². The lowest BCUT2D eigenvalue weighted by Crippen LogP contribution is -2.15. The smallest absolute Gasteiger partial charge is 0.193 e. The Balaban J connectivity index is 2.33. The molecule has 0 aliphatic rings. The number of aryl methyl sites for hydroxylation is 1. The van der Waals surface area contributed by atoms with Crippen molar-refractivity contribution < 1.29 is 4.42 Å². The summed E-state index contributed by atoms with van der Waals surface area (Å²) in [5, 5.41) is 0.338. The van der Waals surface area contributed by atoms with Gasteiger partial charge in [-0.3, -0.25) is 0 Å². The zero-order valence-corrected chi connectivity index (χ0v) is 8.40. The van der Waals surface area contributed by atoms with E-state index in [4.69, 9.17) is 21.8 Å². The number of hydrogen-bond acceptors (Lipinski definition) is 3. The van der Waals surface area contributed by atoms with Gasteiger partial charge < -0.3 is 14.7 Å². The number of aromatic nitrogens is 2. The highest BCUT2D eigenvalue weighted by molar-refractivity contribution is 6.28.